The summed E-state index contributed by atoms with van der Waals surface area (Å²) in [5, 5.41) is 9.89. The van der Waals surface area contributed by atoms with Crippen LogP contribution in [0.25, 0.3) is 11.1 Å². The summed E-state index contributed by atoms with van der Waals surface area (Å²) < 4.78 is 17.6. The molecule has 7 rings (SSSR count). The van der Waals surface area contributed by atoms with Crippen LogP contribution >= 0.6 is 0 Å². The van der Waals surface area contributed by atoms with Crippen LogP contribution in [0.1, 0.15) is 77.5 Å². The Morgan fingerprint density at radius 3 is 2.23 bits per heavy atom. The molecule has 1 heterocycles. The molecule has 2 N–H and O–H groups in total. The molecular formula is C47H52N2O3. The third-order valence-corrected chi connectivity index (χ3v) is 11.1. The molecule has 4 aromatic carbocycles. The molecule has 2 fully saturated rings. The molecule has 0 amide bonds. The van der Waals surface area contributed by atoms with Gasteiger partial charge >= 0.3 is 0 Å². The lowest BCUT2D eigenvalue weighted by atomic mass is 9.66. The van der Waals surface area contributed by atoms with E-state index in [1.165, 1.54) is 57.3 Å². The maximum atomic E-state index is 9.89. The van der Waals surface area contributed by atoms with Gasteiger partial charge in [0.2, 0.25) is 0 Å². The smallest absolute Gasteiger partial charge is 0.122 e. The maximum absolute atomic E-state index is 9.89. The predicted molar refractivity (Wildman–Crippen MR) is 210 cm³/mol. The van der Waals surface area contributed by atoms with Gasteiger partial charge in [0.05, 0.1) is 37.2 Å². The van der Waals surface area contributed by atoms with E-state index in [1.54, 1.807) is 6.08 Å². The van der Waals surface area contributed by atoms with Crippen molar-refractivity contribution in [1.82, 2.24) is 0 Å². The minimum atomic E-state index is -0.530. The van der Waals surface area contributed by atoms with Crippen molar-refractivity contribution in [3.05, 3.63) is 149 Å². The summed E-state index contributed by atoms with van der Waals surface area (Å²) >= 11 is 0. The zero-order valence-corrected chi connectivity index (χ0v) is 30.4. The zero-order chi connectivity index (χ0) is 35.9. The van der Waals surface area contributed by atoms with E-state index in [-0.39, 0.29) is 18.1 Å². The molecule has 0 spiro atoms. The topological polar surface area (TPSA) is 80.8 Å². The lowest BCUT2D eigenvalue weighted by Crippen LogP contribution is -2.30. The fourth-order valence-corrected chi connectivity index (χ4v) is 8.13. The predicted octanol–water partition coefficient (Wildman–Crippen LogP) is 9.28. The van der Waals surface area contributed by atoms with Crippen molar-refractivity contribution in [1.29, 1.82) is 5.26 Å². The molecule has 0 radical (unpaired) electrons. The number of allylic oxidation sites excluding steroid dienone is 1. The Balaban J connectivity index is 1.34. The van der Waals surface area contributed by atoms with Gasteiger partial charge in [0.15, 0.2) is 0 Å². The summed E-state index contributed by atoms with van der Waals surface area (Å²) in [6, 6.07) is 34.4. The van der Waals surface area contributed by atoms with Gasteiger partial charge in [-0.2, -0.15) is 5.26 Å². The van der Waals surface area contributed by atoms with Gasteiger partial charge in [-0.25, -0.2) is 0 Å². The summed E-state index contributed by atoms with van der Waals surface area (Å²) in [6.07, 6.45) is 12.8. The molecule has 3 atom stereocenters. The van der Waals surface area contributed by atoms with Gasteiger partial charge in [-0.1, -0.05) is 91.0 Å². The first-order valence-corrected chi connectivity index (χ1v) is 19.2. The van der Waals surface area contributed by atoms with Gasteiger partial charge in [0, 0.05) is 6.04 Å². The Bertz CT molecular complexity index is 1870. The fourth-order valence-electron chi connectivity index (χ4n) is 8.13. The summed E-state index contributed by atoms with van der Waals surface area (Å²) in [5.41, 5.74) is 17.8. The number of nitrogens with zero attached hydrogens (tertiary/aromatic N) is 1. The van der Waals surface area contributed by atoms with Crippen molar-refractivity contribution in [3.8, 4) is 22.9 Å². The number of ether oxygens (including phenoxy) is 3. The third-order valence-electron chi connectivity index (χ3n) is 11.1. The van der Waals surface area contributed by atoms with Crippen LogP contribution in [0.4, 0.5) is 0 Å². The highest BCUT2D eigenvalue weighted by Gasteiger charge is 2.46. The number of hydrogen-bond donors (Lipinski definition) is 1. The van der Waals surface area contributed by atoms with Crippen LogP contribution in [0.5, 0.6) is 5.75 Å². The normalized spacial score (nSPS) is 17.7. The molecule has 5 nitrogen and oxygen atoms in total. The van der Waals surface area contributed by atoms with Gasteiger partial charge in [-0.15, -0.1) is 13.2 Å². The van der Waals surface area contributed by atoms with Crippen LogP contribution in [0.3, 0.4) is 0 Å². The molecular weight excluding hydrogens is 641 g/mol. The lowest BCUT2D eigenvalue weighted by molar-refractivity contribution is 0.137. The van der Waals surface area contributed by atoms with Crippen LogP contribution in [0.2, 0.25) is 0 Å². The number of epoxide rings is 1. The Labute approximate surface area is 310 Å². The van der Waals surface area contributed by atoms with Gasteiger partial charge < -0.3 is 19.9 Å². The van der Waals surface area contributed by atoms with E-state index in [0.717, 1.165) is 68.8 Å². The number of unbranched alkanes of at least 4 members (excludes halogenated alkanes) is 1. The van der Waals surface area contributed by atoms with E-state index in [1.807, 2.05) is 6.08 Å². The van der Waals surface area contributed by atoms with E-state index in [2.05, 4.69) is 104 Å². The number of aryl methyl sites for hydroxylation is 1. The average molecular weight is 693 g/mol. The van der Waals surface area contributed by atoms with Crippen LogP contribution in [0.15, 0.2) is 110 Å². The average Bonchev–Trinajstić information content (AvgIpc) is 4.12. The zero-order valence-electron chi connectivity index (χ0n) is 30.4. The van der Waals surface area contributed by atoms with Crippen molar-refractivity contribution in [2.45, 2.75) is 75.3 Å². The molecule has 5 heteroatoms. The molecule has 0 aromatic heterocycles. The third kappa shape index (κ3) is 7.81. The first kappa shape index (κ1) is 35.9. The number of fused-ring (bicyclic) bond motifs is 3. The van der Waals surface area contributed by atoms with Crippen molar-refractivity contribution in [3.63, 3.8) is 0 Å². The van der Waals surface area contributed by atoms with Gasteiger partial charge in [-0.05, 0) is 120 Å². The molecule has 1 aliphatic heterocycles. The summed E-state index contributed by atoms with van der Waals surface area (Å²) in [4.78, 5) is 0. The SMILES string of the molecule is C=CCCCC(N)Cc1cc(C2(c3ccc(CCC(C#N)COCC=C)c(CC4CC4)c3)c3ccccc3-c3ccccc32)ccc1OCC1CO1. The van der Waals surface area contributed by atoms with Crippen molar-refractivity contribution < 1.29 is 14.2 Å². The highest BCUT2D eigenvalue weighted by atomic mass is 16.6. The number of nitriles is 1. The maximum Gasteiger partial charge on any atom is 0.122 e. The molecule has 4 aromatic rings. The monoisotopic (exact) mass is 692 g/mol. The Kier molecular flexibility index (Phi) is 11.4. The highest BCUT2D eigenvalue weighted by Crippen LogP contribution is 2.56. The standard InChI is InChI=1S/C47H52N2O3/c1-3-5-6-11-40(49)28-37-27-39(22-23-46(37)52-32-41-31-51-41)47(44-14-9-7-12-42(44)43-13-8-10-15-45(43)47)38-21-20-35(36(26-38)25-33-16-17-33)19-18-34(29-48)30-50-24-4-2/h3-4,7-10,12-15,20-23,26-27,33-34,40-41H,1-2,5-6,11,16-19,24-25,28,30-32,49H2. The van der Waals surface area contributed by atoms with Crippen LogP contribution in [-0.2, 0) is 34.2 Å². The molecule has 2 aliphatic carbocycles. The van der Waals surface area contributed by atoms with E-state index >= 15 is 0 Å². The fraction of sp³-hybridized carbons (Fsp3) is 0.383. The molecule has 3 unspecified atom stereocenters. The van der Waals surface area contributed by atoms with Crippen molar-refractivity contribution >= 4 is 0 Å². The molecule has 0 bridgehead atoms. The Morgan fingerprint density at radius 2 is 1.58 bits per heavy atom. The van der Waals surface area contributed by atoms with E-state index in [9.17, 15) is 5.26 Å². The van der Waals surface area contributed by atoms with E-state index in [4.69, 9.17) is 19.9 Å². The summed E-state index contributed by atoms with van der Waals surface area (Å²) in [5.74, 6) is 1.46. The minimum absolute atomic E-state index is 0.0117. The molecule has 52 heavy (non-hydrogen) atoms. The minimum Gasteiger partial charge on any atom is -0.491 e. The molecule has 1 saturated carbocycles. The Morgan fingerprint density at radius 1 is 0.885 bits per heavy atom. The van der Waals surface area contributed by atoms with E-state index in [0.29, 0.717) is 19.8 Å². The van der Waals surface area contributed by atoms with Gasteiger partial charge in [0.25, 0.3) is 0 Å². The Hall–Kier alpha value is -4.47. The van der Waals surface area contributed by atoms with Crippen molar-refractivity contribution in [2.75, 3.05) is 26.4 Å². The largest absolute Gasteiger partial charge is 0.491 e. The first-order chi connectivity index (χ1) is 25.5. The quantitative estimate of drug-likeness (QED) is 0.0500. The van der Waals surface area contributed by atoms with Gasteiger partial charge in [0.1, 0.15) is 18.5 Å². The second-order valence-corrected chi connectivity index (χ2v) is 14.9. The molecule has 3 aliphatic rings. The van der Waals surface area contributed by atoms with E-state index < -0.39 is 5.41 Å². The lowest BCUT2D eigenvalue weighted by Gasteiger charge is -2.35. The number of benzene rings is 4. The summed E-state index contributed by atoms with van der Waals surface area (Å²) in [7, 11) is 0. The summed E-state index contributed by atoms with van der Waals surface area (Å²) in [6.45, 7) is 9.85. The first-order valence-electron chi connectivity index (χ1n) is 19.2. The highest BCUT2D eigenvalue weighted by molar-refractivity contribution is 5.86. The van der Waals surface area contributed by atoms with Gasteiger partial charge in [-0.3, -0.25) is 0 Å². The molecule has 268 valence electrons. The number of hydrogen-bond acceptors (Lipinski definition) is 5. The second kappa shape index (κ2) is 16.5. The van der Waals surface area contributed by atoms with Crippen LogP contribution in [0, 0.1) is 23.2 Å². The molecule has 1 saturated heterocycles. The van der Waals surface area contributed by atoms with Crippen LogP contribution < -0.4 is 10.5 Å². The van der Waals surface area contributed by atoms with Crippen LogP contribution in [-0.4, -0.2) is 38.6 Å². The second-order valence-electron chi connectivity index (χ2n) is 14.9. The van der Waals surface area contributed by atoms with Crippen molar-refractivity contribution in [2.24, 2.45) is 17.6 Å². The number of rotatable bonds is 20. The number of nitrogens with two attached hydrogens (primary N) is 1.